The summed E-state index contributed by atoms with van der Waals surface area (Å²) in [5.41, 5.74) is 2.22. The third-order valence-electron chi connectivity index (χ3n) is 5.56. The van der Waals surface area contributed by atoms with E-state index < -0.39 is 9.85 Å². The minimum Gasteiger partial charge on any atom is -0.454 e. The van der Waals surface area contributed by atoms with Gasteiger partial charge in [0.25, 0.3) is 11.4 Å². The third-order valence-corrected chi connectivity index (χ3v) is 6.41. The van der Waals surface area contributed by atoms with Gasteiger partial charge in [0.2, 0.25) is 11.6 Å². The molecule has 0 radical (unpaired) electrons. The molecule has 0 atom stereocenters. The van der Waals surface area contributed by atoms with E-state index in [0.29, 0.717) is 40.5 Å². The maximum absolute atomic E-state index is 11.7. The number of hydrogen-bond donors (Lipinski definition) is 0. The molecule has 0 bridgehead atoms. The van der Waals surface area contributed by atoms with Gasteiger partial charge in [0.15, 0.2) is 11.5 Å². The van der Waals surface area contributed by atoms with Gasteiger partial charge in [0.05, 0.1) is 33.4 Å². The van der Waals surface area contributed by atoms with E-state index in [4.69, 9.17) is 9.47 Å². The van der Waals surface area contributed by atoms with Gasteiger partial charge >= 0.3 is 0 Å². The molecule has 1 aliphatic heterocycles. The Labute approximate surface area is 213 Å². The highest BCUT2D eigenvalue weighted by atomic mass is 32.1. The summed E-state index contributed by atoms with van der Waals surface area (Å²) < 4.78 is 12.2. The molecule has 0 fully saturated rings. The maximum Gasteiger partial charge on any atom is 0.282 e. The quantitative estimate of drug-likeness (QED) is 0.187. The fourth-order valence-corrected chi connectivity index (χ4v) is 4.61. The topological polar surface area (TPSA) is 134 Å². The molecule has 1 aromatic heterocycles. The van der Waals surface area contributed by atoms with Crippen molar-refractivity contribution in [2.75, 3.05) is 13.3 Å². The normalized spacial score (nSPS) is 12.8. The van der Waals surface area contributed by atoms with Gasteiger partial charge < -0.3 is 9.47 Å². The lowest BCUT2D eigenvalue weighted by Crippen LogP contribution is -2.13. The number of nitro benzene ring substituents is 2. The fourth-order valence-electron chi connectivity index (χ4n) is 3.75. The maximum atomic E-state index is 11.7. The first kappa shape index (κ1) is 23.9. The number of nitrogens with zero attached hydrogens (tertiary/aromatic N) is 5. The van der Waals surface area contributed by atoms with Crippen molar-refractivity contribution in [1.82, 2.24) is 4.68 Å². The summed E-state index contributed by atoms with van der Waals surface area (Å²) in [5, 5.41) is 29.3. The van der Waals surface area contributed by atoms with Crippen LogP contribution in [-0.4, -0.2) is 34.1 Å². The average Bonchev–Trinajstić information content (AvgIpc) is 3.54. The molecule has 0 saturated heterocycles. The summed E-state index contributed by atoms with van der Waals surface area (Å²) in [6.45, 7) is 0.465. The number of rotatable bonds is 8. The molecule has 3 aromatic carbocycles. The highest BCUT2D eigenvalue weighted by Crippen LogP contribution is 2.37. The molecule has 0 spiro atoms. The second kappa shape index (κ2) is 10.4. The van der Waals surface area contributed by atoms with Crippen LogP contribution in [0.4, 0.5) is 11.4 Å². The largest absolute Gasteiger partial charge is 0.454 e. The Morgan fingerprint density at radius 2 is 1.76 bits per heavy atom. The van der Waals surface area contributed by atoms with Gasteiger partial charge in [-0.15, -0.1) is 11.3 Å². The number of thiazole rings is 1. The van der Waals surface area contributed by atoms with E-state index in [1.54, 1.807) is 17.5 Å². The molecule has 0 saturated carbocycles. The molecule has 4 aromatic rings. The fraction of sp³-hybridized carbons (Fsp3) is 0.120. The van der Waals surface area contributed by atoms with Gasteiger partial charge in [0.1, 0.15) is 0 Å². The number of fused-ring (bicyclic) bond motifs is 1. The summed E-state index contributed by atoms with van der Waals surface area (Å²) in [6, 6.07) is 18.9. The number of hydrogen-bond acceptors (Lipinski definition) is 9. The molecular weight excluding hydrogens is 498 g/mol. The molecule has 186 valence electrons. The van der Waals surface area contributed by atoms with Gasteiger partial charge in [-0.05, 0) is 18.1 Å². The Balaban J connectivity index is 1.57. The van der Waals surface area contributed by atoms with E-state index in [0.717, 1.165) is 5.56 Å². The van der Waals surface area contributed by atoms with Crippen molar-refractivity contribution >= 4 is 28.9 Å². The molecular formula is C25H19N5O6S. The van der Waals surface area contributed by atoms with Crippen molar-refractivity contribution < 1.29 is 19.3 Å². The molecule has 0 amide bonds. The van der Waals surface area contributed by atoms with Crippen molar-refractivity contribution in [1.29, 1.82) is 0 Å². The predicted octanol–water partition coefficient (Wildman–Crippen LogP) is 4.79. The van der Waals surface area contributed by atoms with Crippen LogP contribution >= 0.6 is 11.3 Å². The van der Waals surface area contributed by atoms with E-state index in [-0.39, 0.29) is 23.7 Å². The van der Waals surface area contributed by atoms with Crippen LogP contribution in [0, 0.1) is 20.2 Å². The lowest BCUT2D eigenvalue weighted by atomic mass is 10.1. The van der Waals surface area contributed by atoms with Gasteiger partial charge in [-0.2, -0.15) is 5.10 Å². The first-order valence-corrected chi connectivity index (χ1v) is 12.0. The Morgan fingerprint density at radius 3 is 2.51 bits per heavy atom. The zero-order valence-corrected chi connectivity index (χ0v) is 20.0. The molecule has 0 N–H and O–H groups in total. The van der Waals surface area contributed by atoms with Crippen molar-refractivity contribution in [2.24, 2.45) is 10.1 Å². The minimum atomic E-state index is -0.520. The first-order chi connectivity index (χ1) is 18.0. The standard InChI is InChI=1S/C25H19N5O6S/c31-29(32)20-8-4-7-18(11-20)22-15-37-25(26-10-9-17-5-2-1-3-6-17)28(22)27-14-19-12-23-24(36-16-35-23)13-21(19)30(33)34/h1-8,11-15H,9-10,16H2. The van der Waals surface area contributed by atoms with Gasteiger partial charge in [0, 0.05) is 29.6 Å². The van der Waals surface area contributed by atoms with Crippen molar-refractivity contribution in [3.63, 3.8) is 0 Å². The number of nitro groups is 2. The number of aromatic nitrogens is 1. The van der Waals surface area contributed by atoms with Crippen LogP contribution in [0.15, 0.2) is 82.2 Å². The van der Waals surface area contributed by atoms with Crippen LogP contribution in [-0.2, 0) is 6.42 Å². The Morgan fingerprint density at radius 1 is 0.973 bits per heavy atom. The summed E-state index contributed by atoms with van der Waals surface area (Å²) >= 11 is 1.32. The van der Waals surface area contributed by atoms with E-state index in [2.05, 4.69) is 10.1 Å². The lowest BCUT2D eigenvalue weighted by molar-refractivity contribution is -0.385. The van der Waals surface area contributed by atoms with E-state index in [1.807, 2.05) is 30.3 Å². The third kappa shape index (κ3) is 5.23. The van der Waals surface area contributed by atoms with Gasteiger partial charge in [-0.3, -0.25) is 25.2 Å². The Bertz CT molecular complexity index is 1580. The molecule has 5 rings (SSSR count). The summed E-state index contributed by atoms with van der Waals surface area (Å²) in [7, 11) is 0. The van der Waals surface area contributed by atoms with Crippen molar-refractivity contribution in [3.05, 3.63) is 108 Å². The first-order valence-electron chi connectivity index (χ1n) is 11.1. The molecule has 2 heterocycles. The Hall–Kier alpha value is -4.84. The lowest BCUT2D eigenvalue weighted by Gasteiger charge is -2.05. The van der Waals surface area contributed by atoms with Crippen LogP contribution in [0.2, 0.25) is 0 Å². The van der Waals surface area contributed by atoms with Gasteiger partial charge in [-0.1, -0.05) is 42.5 Å². The Kier molecular flexibility index (Phi) is 6.72. The van der Waals surface area contributed by atoms with Crippen molar-refractivity contribution in [2.45, 2.75) is 6.42 Å². The molecule has 37 heavy (non-hydrogen) atoms. The zero-order valence-electron chi connectivity index (χ0n) is 19.2. The van der Waals surface area contributed by atoms with E-state index in [1.165, 1.54) is 46.5 Å². The number of non-ortho nitro benzene ring substituents is 1. The zero-order chi connectivity index (χ0) is 25.8. The van der Waals surface area contributed by atoms with Crippen LogP contribution in [0.3, 0.4) is 0 Å². The predicted molar refractivity (Wildman–Crippen MR) is 137 cm³/mol. The highest BCUT2D eigenvalue weighted by molar-refractivity contribution is 7.07. The second-order valence-corrected chi connectivity index (χ2v) is 8.74. The molecule has 11 nitrogen and oxygen atoms in total. The smallest absolute Gasteiger partial charge is 0.282 e. The molecule has 12 heteroatoms. The van der Waals surface area contributed by atoms with Crippen molar-refractivity contribution in [3.8, 4) is 22.8 Å². The summed E-state index contributed by atoms with van der Waals surface area (Å²) in [6.07, 6.45) is 2.06. The van der Waals surface area contributed by atoms with E-state index in [9.17, 15) is 20.2 Å². The highest BCUT2D eigenvalue weighted by Gasteiger charge is 2.22. The molecule has 0 unspecified atom stereocenters. The SMILES string of the molecule is O=[N+]([O-])c1cccc(-c2csc(=NCCc3ccccc3)n2N=Cc2cc3c(cc2[N+](=O)[O-])OCO3)c1. The van der Waals surface area contributed by atoms with Crippen LogP contribution < -0.4 is 14.3 Å². The van der Waals surface area contributed by atoms with Crippen LogP contribution in [0.1, 0.15) is 11.1 Å². The van der Waals surface area contributed by atoms with Crippen LogP contribution in [0.5, 0.6) is 11.5 Å². The molecule has 1 aliphatic rings. The summed E-state index contributed by atoms with van der Waals surface area (Å²) in [5.74, 6) is 0.676. The number of benzene rings is 3. The number of ether oxygens (including phenoxy) is 2. The van der Waals surface area contributed by atoms with Gasteiger partial charge in [-0.25, -0.2) is 4.68 Å². The van der Waals surface area contributed by atoms with Crippen LogP contribution in [0.25, 0.3) is 11.3 Å². The minimum absolute atomic E-state index is 0.0201. The summed E-state index contributed by atoms with van der Waals surface area (Å²) in [4.78, 5) is 27.2. The van der Waals surface area contributed by atoms with E-state index >= 15 is 0 Å². The second-order valence-electron chi connectivity index (χ2n) is 7.91. The molecule has 0 aliphatic carbocycles. The average molecular weight is 518 g/mol. The monoisotopic (exact) mass is 517 g/mol.